The van der Waals surface area contributed by atoms with Gasteiger partial charge in [0.2, 0.25) is 0 Å². The van der Waals surface area contributed by atoms with Gasteiger partial charge in [0, 0.05) is 31.3 Å². The summed E-state index contributed by atoms with van der Waals surface area (Å²) in [7, 11) is 2.04. The van der Waals surface area contributed by atoms with Crippen LogP contribution < -0.4 is 0 Å². The molecule has 0 saturated heterocycles. The molecule has 0 radical (unpaired) electrons. The van der Waals surface area contributed by atoms with Gasteiger partial charge in [0.1, 0.15) is 0 Å². The molecule has 0 atom stereocenters. The van der Waals surface area contributed by atoms with E-state index in [0.29, 0.717) is 12.5 Å². The zero-order chi connectivity index (χ0) is 8.43. The summed E-state index contributed by atoms with van der Waals surface area (Å²) in [4.78, 5) is 13.0. The Hall–Kier alpha value is -0.790. The minimum atomic E-state index is 0.271. The maximum absolute atomic E-state index is 10.9. The van der Waals surface area contributed by atoms with Gasteiger partial charge in [-0.05, 0) is 20.3 Å². The van der Waals surface area contributed by atoms with Gasteiger partial charge in [-0.15, -0.1) is 0 Å². The number of carbonyl (C=O) groups is 1. The van der Waals surface area contributed by atoms with Crippen molar-refractivity contribution in [1.29, 1.82) is 0 Å². The van der Waals surface area contributed by atoms with Gasteiger partial charge < -0.3 is 4.90 Å². The van der Waals surface area contributed by atoms with E-state index >= 15 is 0 Å². The summed E-state index contributed by atoms with van der Waals surface area (Å²) >= 11 is 0. The largest absolute Gasteiger partial charge is 0.375 e. The second-order valence-electron chi connectivity index (χ2n) is 3.31. The summed E-state index contributed by atoms with van der Waals surface area (Å²) < 4.78 is 0. The first-order chi connectivity index (χ1) is 5.11. The molecule has 1 aliphatic rings. The Balaban J connectivity index is 2.61. The van der Waals surface area contributed by atoms with Crippen LogP contribution >= 0.6 is 0 Å². The van der Waals surface area contributed by atoms with E-state index in [2.05, 4.69) is 18.7 Å². The van der Waals surface area contributed by atoms with Crippen molar-refractivity contribution in [2.24, 2.45) is 0 Å². The zero-order valence-electron chi connectivity index (χ0n) is 7.42. The van der Waals surface area contributed by atoms with E-state index in [1.54, 1.807) is 6.08 Å². The molecule has 1 rings (SSSR count). The highest BCUT2D eigenvalue weighted by Gasteiger charge is 2.16. The smallest absolute Gasteiger partial charge is 0.157 e. The molecule has 0 amide bonds. The van der Waals surface area contributed by atoms with Crippen molar-refractivity contribution in [3.63, 3.8) is 0 Å². The lowest BCUT2D eigenvalue weighted by Gasteiger charge is -2.24. The monoisotopic (exact) mass is 153 g/mol. The number of nitrogens with zero attached hydrogens (tertiary/aromatic N) is 1. The third kappa shape index (κ3) is 1.82. The molecule has 0 bridgehead atoms. The molecule has 2 heteroatoms. The quantitative estimate of drug-likeness (QED) is 0.600. The number of ketones is 1. The van der Waals surface area contributed by atoms with Gasteiger partial charge >= 0.3 is 0 Å². The lowest BCUT2D eigenvalue weighted by molar-refractivity contribution is -0.114. The van der Waals surface area contributed by atoms with E-state index < -0.39 is 0 Å². The predicted octanol–water partition coefficient (Wildman–Crippen LogP) is 1.57. The second-order valence-corrected chi connectivity index (χ2v) is 3.31. The average Bonchev–Trinajstić information content (AvgIpc) is 2.34. The first-order valence-corrected chi connectivity index (χ1v) is 4.07. The molecule has 0 fully saturated rings. The Morgan fingerprint density at radius 1 is 1.45 bits per heavy atom. The minimum Gasteiger partial charge on any atom is -0.375 e. The van der Waals surface area contributed by atoms with Gasteiger partial charge in [0.25, 0.3) is 0 Å². The highest BCUT2D eigenvalue weighted by atomic mass is 16.1. The summed E-state index contributed by atoms with van der Waals surface area (Å²) in [6, 6.07) is 0.493. The van der Waals surface area contributed by atoms with E-state index in [1.165, 1.54) is 5.70 Å². The topological polar surface area (TPSA) is 20.3 Å². The third-order valence-corrected chi connectivity index (χ3v) is 2.18. The first kappa shape index (κ1) is 8.31. The van der Waals surface area contributed by atoms with E-state index in [-0.39, 0.29) is 5.78 Å². The van der Waals surface area contributed by atoms with E-state index in [9.17, 15) is 4.79 Å². The molecule has 0 aromatic heterocycles. The standard InChI is InChI=1S/C9H15NO/c1-7(2)10(3)8-4-5-9(11)6-8/h6-7H,4-5H2,1-3H3. The summed E-state index contributed by atoms with van der Waals surface area (Å²) in [6.45, 7) is 4.26. The highest BCUT2D eigenvalue weighted by Crippen LogP contribution is 2.19. The van der Waals surface area contributed by atoms with Crippen LogP contribution in [-0.2, 0) is 4.79 Å². The van der Waals surface area contributed by atoms with Crippen LogP contribution in [0.2, 0.25) is 0 Å². The molecule has 2 nitrogen and oxygen atoms in total. The van der Waals surface area contributed by atoms with Crippen LogP contribution in [0.4, 0.5) is 0 Å². The van der Waals surface area contributed by atoms with Crippen molar-refractivity contribution >= 4 is 5.78 Å². The molecule has 0 N–H and O–H groups in total. The average molecular weight is 153 g/mol. The van der Waals surface area contributed by atoms with Crippen LogP contribution in [0.1, 0.15) is 26.7 Å². The summed E-state index contributed by atoms with van der Waals surface area (Å²) in [5, 5.41) is 0. The molecule has 0 heterocycles. The zero-order valence-corrected chi connectivity index (χ0v) is 7.42. The molecule has 0 spiro atoms. The Labute approximate surface area is 67.9 Å². The normalized spacial score (nSPS) is 17.5. The Morgan fingerprint density at radius 3 is 2.45 bits per heavy atom. The van der Waals surface area contributed by atoms with Crippen LogP contribution in [0.3, 0.4) is 0 Å². The summed E-state index contributed by atoms with van der Waals surface area (Å²) in [5.41, 5.74) is 1.19. The van der Waals surface area contributed by atoms with Gasteiger partial charge in [-0.2, -0.15) is 0 Å². The van der Waals surface area contributed by atoms with Gasteiger partial charge in [-0.1, -0.05) is 0 Å². The molecule has 62 valence electrons. The van der Waals surface area contributed by atoms with E-state index in [1.807, 2.05) is 7.05 Å². The number of hydrogen-bond donors (Lipinski definition) is 0. The SMILES string of the molecule is CC(C)N(C)C1=CC(=O)CC1. The molecule has 0 aromatic rings. The third-order valence-electron chi connectivity index (χ3n) is 2.18. The lowest BCUT2D eigenvalue weighted by atomic mass is 10.2. The fourth-order valence-corrected chi connectivity index (χ4v) is 1.19. The van der Waals surface area contributed by atoms with Crippen LogP contribution in [0.5, 0.6) is 0 Å². The number of carbonyl (C=O) groups excluding carboxylic acids is 1. The Bertz CT molecular complexity index is 194. The molecular formula is C9H15NO. The maximum atomic E-state index is 10.9. The van der Waals surface area contributed by atoms with Crippen molar-refractivity contribution in [3.05, 3.63) is 11.8 Å². The summed E-state index contributed by atoms with van der Waals surface area (Å²) in [6.07, 6.45) is 3.39. The van der Waals surface area contributed by atoms with Crippen molar-refractivity contribution in [3.8, 4) is 0 Å². The molecule has 1 aliphatic carbocycles. The Morgan fingerprint density at radius 2 is 2.09 bits per heavy atom. The molecule has 0 saturated carbocycles. The Kier molecular flexibility index (Phi) is 2.32. The van der Waals surface area contributed by atoms with Crippen LogP contribution in [0.15, 0.2) is 11.8 Å². The van der Waals surface area contributed by atoms with Crippen molar-refractivity contribution in [1.82, 2.24) is 4.90 Å². The van der Waals surface area contributed by atoms with Crippen molar-refractivity contribution in [2.75, 3.05) is 7.05 Å². The molecular weight excluding hydrogens is 138 g/mol. The highest BCUT2D eigenvalue weighted by molar-refractivity contribution is 5.92. The van der Waals surface area contributed by atoms with Gasteiger partial charge in [0.05, 0.1) is 0 Å². The van der Waals surface area contributed by atoms with Gasteiger partial charge in [-0.25, -0.2) is 0 Å². The molecule has 0 aliphatic heterocycles. The molecule has 11 heavy (non-hydrogen) atoms. The maximum Gasteiger partial charge on any atom is 0.157 e. The number of allylic oxidation sites excluding steroid dienone is 2. The number of hydrogen-bond acceptors (Lipinski definition) is 2. The lowest BCUT2D eigenvalue weighted by Crippen LogP contribution is -2.24. The van der Waals surface area contributed by atoms with Crippen LogP contribution in [-0.4, -0.2) is 23.8 Å². The predicted molar refractivity (Wildman–Crippen MR) is 45.2 cm³/mol. The molecule has 0 unspecified atom stereocenters. The number of rotatable bonds is 2. The minimum absolute atomic E-state index is 0.271. The summed E-state index contributed by atoms with van der Waals surface area (Å²) in [5.74, 6) is 0.271. The second kappa shape index (κ2) is 3.07. The van der Waals surface area contributed by atoms with Gasteiger partial charge in [0.15, 0.2) is 5.78 Å². The van der Waals surface area contributed by atoms with Crippen LogP contribution in [0.25, 0.3) is 0 Å². The van der Waals surface area contributed by atoms with Gasteiger partial charge in [-0.3, -0.25) is 4.79 Å². The fraction of sp³-hybridized carbons (Fsp3) is 0.667. The van der Waals surface area contributed by atoms with Crippen molar-refractivity contribution < 1.29 is 4.79 Å². The first-order valence-electron chi connectivity index (χ1n) is 4.07. The fourth-order valence-electron chi connectivity index (χ4n) is 1.19. The van der Waals surface area contributed by atoms with E-state index in [4.69, 9.17) is 0 Å². The van der Waals surface area contributed by atoms with Crippen molar-refractivity contribution in [2.45, 2.75) is 32.7 Å². The van der Waals surface area contributed by atoms with E-state index in [0.717, 1.165) is 6.42 Å². The molecule has 0 aromatic carbocycles. The van der Waals surface area contributed by atoms with Crippen LogP contribution in [0, 0.1) is 0 Å².